The molecule has 1 fully saturated rings. The van der Waals surface area contributed by atoms with E-state index in [4.69, 9.17) is 11.6 Å². The van der Waals surface area contributed by atoms with E-state index in [0.29, 0.717) is 15.9 Å². The average Bonchev–Trinajstić information content (AvgIpc) is 3.24. The molecule has 0 aliphatic heterocycles. The number of halogens is 1. The van der Waals surface area contributed by atoms with Gasteiger partial charge in [0.25, 0.3) is 0 Å². The fourth-order valence-corrected chi connectivity index (χ4v) is 3.17. The molecule has 1 saturated carbocycles. The number of nitrogens with zero attached hydrogens (tertiary/aromatic N) is 2. The van der Waals surface area contributed by atoms with E-state index < -0.39 is 0 Å². The zero-order valence-corrected chi connectivity index (χ0v) is 13.4. The molecule has 1 aromatic carbocycles. The van der Waals surface area contributed by atoms with E-state index >= 15 is 0 Å². The van der Waals surface area contributed by atoms with Gasteiger partial charge < -0.3 is 5.32 Å². The third-order valence-electron chi connectivity index (χ3n) is 3.33. The summed E-state index contributed by atoms with van der Waals surface area (Å²) in [6, 6.07) is 7.19. The van der Waals surface area contributed by atoms with Gasteiger partial charge in [0.05, 0.1) is 5.25 Å². The molecule has 2 N–H and O–H groups in total. The van der Waals surface area contributed by atoms with Crippen molar-refractivity contribution in [3.8, 4) is 0 Å². The Morgan fingerprint density at radius 3 is 3.00 bits per heavy atom. The molecule has 1 unspecified atom stereocenters. The van der Waals surface area contributed by atoms with Gasteiger partial charge in [-0.3, -0.25) is 9.36 Å². The topological polar surface area (TPSA) is 79.8 Å². The van der Waals surface area contributed by atoms with Crippen LogP contribution in [0.3, 0.4) is 0 Å². The number of anilines is 1. The minimum atomic E-state index is -0.383. The number of aromatic amines is 1. The van der Waals surface area contributed by atoms with Crippen molar-refractivity contribution in [2.45, 2.75) is 36.2 Å². The molecular formula is C14H15ClN4O2S. The molecule has 0 saturated heterocycles. The Hall–Kier alpha value is -1.73. The molecule has 6 nitrogen and oxygen atoms in total. The summed E-state index contributed by atoms with van der Waals surface area (Å²) >= 11 is 7.16. The minimum Gasteiger partial charge on any atom is -0.325 e. The minimum absolute atomic E-state index is 0.162. The van der Waals surface area contributed by atoms with Gasteiger partial charge in [0.15, 0.2) is 5.16 Å². The third kappa shape index (κ3) is 3.36. The Bertz CT molecular complexity index is 753. The van der Waals surface area contributed by atoms with Crippen LogP contribution in [0.2, 0.25) is 5.02 Å². The molecule has 1 aliphatic rings. The first-order chi connectivity index (χ1) is 10.5. The summed E-state index contributed by atoms with van der Waals surface area (Å²) in [5.74, 6) is -0.162. The number of H-pyrrole nitrogens is 1. The molecule has 8 heteroatoms. The Kier molecular flexibility index (Phi) is 4.26. The molecule has 0 bridgehead atoms. The van der Waals surface area contributed by atoms with Crippen molar-refractivity contribution in [2.24, 2.45) is 0 Å². The molecule has 0 radical (unpaired) electrons. The summed E-state index contributed by atoms with van der Waals surface area (Å²) in [6.45, 7) is 1.78. The maximum atomic E-state index is 12.2. The number of aromatic nitrogens is 3. The average molecular weight is 339 g/mol. The van der Waals surface area contributed by atoms with E-state index in [1.165, 1.54) is 11.8 Å². The third-order valence-corrected chi connectivity index (χ3v) is 4.63. The second kappa shape index (κ2) is 6.18. The second-order valence-electron chi connectivity index (χ2n) is 5.17. The number of amides is 1. The highest BCUT2D eigenvalue weighted by molar-refractivity contribution is 8.00. The lowest BCUT2D eigenvalue weighted by molar-refractivity contribution is -0.115. The van der Waals surface area contributed by atoms with Crippen molar-refractivity contribution in [1.82, 2.24) is 14.8 Å². The van der Waals surface area contributed by atoms with Crippen molar-refractivity contribution in [1.29, 1.82) is 0 Å². The molecule has 0 spiro atoms. The van der Waals surface area contributed by atoms with Gasteiger partial charge in [-0.05, 0) is 38.0 Å². The summed E-state index contributed by atoms with van der Waals surface area (Å²) in [4.78, 5) is 23.9. The monoisotopic (exact) mass is 338 g/mol. The van der Waals surface area contributed by atoms with Gasteiger partial charge in [-0.25, -0.2) is 9.89 Å². The molecule has 116 valence electrons. The molecule has 1 aromatic heterocycles. The predicted molar refractivity (Wildman–Crippen MR) is 86.5 cm³/mol. The highest BCUT2D eigenvalue weighted by Crippen LogP contribution is 2.36. The number of thioether (sulfide) groups is 1. The lowest BCUT2D eigenvalue weighted by atomic mass is 10.3. The number of hydrogen-bond acceptors (Lipinski definition) is 4. The van der Waals surface area contributed by atoms with Gasteiger partial charge in [-0.2, -0.15) is 0 Å². The van der Waals surface area contributed by atoms with Crippen molar-refractivity contribution < 1.29 is 4.79 Å². The number of benzene rings is 1. The first kappa shape index (κ1) is 15.2. The van der Waals surface area contributed by atoms with Crippen molar-refractivity contribution in [3.63, 3.8) is 0 Å². The van der Waals surface area contributed by atoms with Crippen molar-refractivity contribution in [2.75, 3.05) is 5.32 Å². The fraction of sp³-hybridized carbons (Fsp3) is 0.357. The zero-order chi connectivity index (χ0) is 15.7. The molecular weight excluding hydrogens is 324 g/mol. The van der Waals surface area contributed by atoms with Crippen molar-refractivity contribution in [3.05, 3.63) is 39.8 Å². The van der Waals surface area contributed by atoms with Crippen LogP contribution in [0, 0.1) is 0 Å². The summed E-state index contributed by atoms with van der Waals surface area (Å²) in [7, 11) is 0. The Morgan fingerprint density at radius 2 is 2.32 bits per heavy atom. The SMILES string of the molecule is CC(Sc1n[nH]c(=O)n1C1CC1)C(=O)Nc1cccc(Cl)c1. The number of rotatable bonds is 5. The number of carbonyl (C=O) groups excluding carboxylic acids is 1. The van der Waals surface area contributed by atoms with Crippen LogP contribution >= 0.6 is 23.4 Å². The van der Waals surface area contributed by atoms with Gasteiger partial charge in [-0.15, -0.1) is 5.10 Å². The molecule has 22 heavy (non-hydrogen) atoms. The predicted octanol–water partition coefficient (Wildman–Crippen LogP) is 2.68. The maximum Gasteiger partial charge on any atom is 0.344 e. The second-order valence-corrected chi connectivity index (χ2v) is 6.92. The van der Waals surface area contributed by atoms with Gasteiger partial charge in [-0.1, -0.05) is 29.4 Å². The van der Waals surface area contributed by atoms with Crippen LogP contribution in [-0.4, -0.2) is 25.9 Å². The van der Waals surface area contributed by atoms with Crippen LogP contribution in [0.1, 0.15) is 25.8 Å². The van der Waals surface area contributed by atoms with Gasteiger partial charge in [0, 0.05) is 16.8 Å². The van der Waals surface area contributed by atoms with Gasteiger partial charge in [0.2, 0.25) is 5.91 Å². The summed E-state index contributed by atoms with van der Waals surface area (Å²) < 4.78 is 1.63. The molecule has 3 rings (SSSR count). The van der Waals surface area contributed by atoms with E-state index in [1.807, 2.05) is 0 Å². The highest BCUT2D eigenvalue weighted by atomic mass is 35.5. The number of carbonyl (C=O) groups is 1. The smallest absolute Gasteiger partial charge is 0.325 e. The molecule has 1 aliphatic carbocycles. The zero-order valence-electron chi connectivity index (χ0n) is 11.9. The maximum absolute atomic E-state index is 12.2. The Labute approximate surface area is 136 Å². The standard InChI is InChI=1S/C14H15ClN4O2S/c1-8(12(20)16-10-4-2-3-9(15)7-10)22-14-18-17-13(21)19(14)11-5-6-11/h2-4,7-8,11H,5-6H2,1H3,(H,16,20)(H,17,21). The largest absolute Gasteiger partial charge is 0.344 e. The van der Waals surface area contributed by atoms with Crippen molar-refractivity contribution >= 4 is 35.0 Å². The quantitative estimate of drug-likeness (QED) is 0.821. The van der Waals surface area contributed by atoms with Gasteiger partial charge in [0.1, 0.15) is 0 Å². The number of hydrogen-bond donors (Lipinski definition) is 2. The van der Waals surface area contributed by atoms with Crippen LogP contribution in [-0.2, 0) is 4.79 Å². The van der Waals surface area contributed by atoms with E-state index in [2.05, 4.69) is 15.5 Å². The van der Waals surface area contributed by atoms with Crippen LogP contribution in [0.25, 0.3) is 0 Å². The first-order valence-corrected chi connectivity index (χ1v) is 8.20. The summed E-state index contributed by atoms with van der Waals surface area (Å²) in [5, 5.41) is 10.00. The molecule has 1 amide bonds. The molecule has 1 atom stereocenters. The van der Waals surface area contributed by atoms with Crippen LogP contribution in [0.5, 0.6) is 0 Å². The number of nitrogens with one attached hydrogen (secondary N) is 2. The first-order valence-electron chi connectivity index (χ1n) is 6.94. The Balaban J connectivity index is 1.68. The Morgan fingerprint density at radius 1 is 1.55 bits per heavy atom. The molecule has 1 heterocycles. The van der Waals surface area contributed by atoms with Crippen LogP contribution < -0.4 is 11.0 Å². The molecule has 2 aromatic rings. The van der Waals surface area contributed by atoms with Crippen LogP contribution in [0.15, 0.2) is 34.2 Å². The normalized spacial score (nSPS) is 15.5. The lowest BCUT2D eigenvalue weighted by Gasteiger charge is -2.12. The summed E-state index contributed by atoms with van der Waals surface area (Å²) in [5.41, 5.74) is 0.430. The van der Waals surface area contributed by atoms with Crippen LogP contribution in [0.4, 0.5) is 5.69 Å². The van der Waals surface area contributed by atoms with E-state index in [0.717, 1.165) is 12.8 Å². The summed E-state index contributed by atoms with van der Waals surface area (Å²) in [6.07, 6.45) is 1.96. The fourth-order valence-electron chi connectivity index (χ4n) is 2.05. The lowest BCUT2D eigenvalue weighted by Crippen LogP contribution is -2.23. The van der Waals surface area contributed by atoms with E-state index in [9.17, 15) is 9.59 Å². The van der Waals surface area contributed by atoms with Gasteiger partial charge >= 0.3 is 5.69 Å². The van der Waals surface area contributed by atoms with E-state index in [-0.39, 0.29) is 22.9 Å². The van der Waals surface area contributed by atoms with E-state index in [1.54, 1.807) is 35.8 Å². The highest BCUT2D eigenvalue weighted by Gasteiger charge is 2.30.